The van der Waals surface area contributed by atoms with Crippen molar-refractivity contribution in [1.29, 1.82) is 0 Å². The highest BCUT2D eigenvalue weighted by molar-refractivity contribution is 5.85. The molecule has 3 aromatic rings. The fraction of sp³-hybridized carbons (Fsp3) is 0. The molecule has 6 heteroatoms. The number of aromatic nitrogens is 2. The van der Waals surface area contributed by atoms with Gasteiger partial charge in [-0.2, -0.15) is 10.3 Å². The molecule has 0 aliphatic carbocycles. The zero-order valence-electron chi connectivity index (χ0n) is 11.5. The van der Waals surface area contributed by atoms with Crippen molar-refractivity contribution in [2.45, 2.75) is 0 Å². The van der Waals surface area contributed by atoms with Crippen molar-refractivity contribution in [2.75, 3.05) is 0 Å². The van der Waals surface area contributed by atoms with Crippen LogP contribution < -0.4 is 5.23 Å². The molecule has 0 aliphatic rings. The second kappa shape index (κ2) is 5.90. The smallest absolute Gasteiger partial charge is 0.163 e. The second-order valence-electron chi connectivity index (χ2n) is 4.71. The molecule has 0 amide bonds. The number of nitrogens with one attached hydrogen (secondary N) is 1. The molecule has 0 saturated heterocycles. The molecular weight excluding hydrogens is 282 g/mol. The zero-order chi connectivity index (χ0) is 15.5. The van der Waals surface area contributed by atoms with Gasteiger partial charge in [-0.05, 0) is 24.3 Å². The molecule has 2 N–H and O–H groups in total. The van der Waals surface area contributed by atoms with E-state index in [1.807, 2.05) is 30.3 Å². The van der Waals surface area contributed by atoms with Gasteiger partial charge in [0.25, 0.3) is 0 Å². The molecule has 0 saturated carbocycles. The minimum atomic E-state index is -0.989. The largest absolute Gasteiger partial charge is 0.595 e. The molecule has 0 radical (unpaired) electrons. The Morgan fingerprint density at radius 3 is 2.36 bits per heavy atom. The van der Waals surface area contributed by atoms with Crippen LogP contribution in [-0.2, 0) is 0 Å². The lowest BCUT2D eigenvalue weighted by molar-refractivity contribution is -0.991. The molecule has 0 fully saturated rings. The lowest BCUT2D eigenvalue weighted by Gasteiger charge is -2.11. The molecule has 3 rings (SSSR count). The van der Waals surface area contributed by atoms with Gasteiger partial charge >= 0.3 is 0 Å². The summed E-state index contributed by atoms with van der Waals surface area (Å²) in [7, 11) is 0. The molecule has 110 valence electrons. The topological polar surface area (TPSA) is 82.6 Å². The molecule has 1 aromatic heterocycles. The van der Waals surface area contributed by atoms with Gasteiger partial charge in [-0.3, -0.25) is 4.79 Å². The van der Waals surface area contributed by atoms with Gasteiger partial charge in [-0.15, -0.1) is 0 Å². The van der Waals surface area contributed by atoms with Crippen LogP contribution in [0, 0.1) is 5.21 Å². The van der Waals surface area contributed by atoms with Crippen molar-refractivity contribution < 1.29 is 15.2 Å². The molecule has 1 unspecified atom stereocenters. The normalized spacial score (nSPS) is 12.1. The molecule has 2 aromatic carbocycles. The number of carbonyl (C=O) groups is 1. The molecule has 0 aliphatic heterocycles. The Bertz CT molecular complexity index is 780. The Kier molecular flexibility index (Phi) is 3.80. The highest BCUT2D eigenvalue weighted by Crippen LogP contribution is 2.23. The van der Waals surface area contributed by atoms with E-state index in [-0.39, 0.29) is 5.69 Å². The Balaban J connectivity index is 2.03. The molecular formula is C16H13N3O3. The Morgan fingerprint density at radius 1 is 1.09 bits per heavy atom. The minimum Gasteiger partial charge on any atom is -0.595 e. The SMILES string of the molecule is O=Cc1cn(-c2ccccc2)nc1-c1ccc([NH+]([O-])O)cc1. The highest BCUT2D eigenvalue weighted by atomic mass is 16.8. The summed E-state index contributed by atoms with van der Waals surface area (Å²) in [6.07, 6.45) is 2.40. The maximum Gasteiger partial charge on any atom is 0.163 e. The maximum atomic E-state index is 11.3. The summed E-state index contributed by atoms with van der Waals surface area (Å²) in [5, 5.41) is 23.3. The number of benzene rings is 2. The number of nitrogens with zero attached hydrogens (tertiary/aromatic N) is 2. The summed E-state index contributed by atoms with van der Waals surface area (Å²) >= 11 is 0. The summed E-state index contributed by atoms with van der Waals surface area (Å²) < 4.78 is 1.63. The molecule has 22 heavy (non-hydrogen) atoms. The van der Waals surface area contributed by atoms with Crippen molar-refractivity contribution >= 4 is 12.0 Å². The van der Waals surface area contributed by atoms with E-state index in [0.29, 0.717) is 16.8 Å². The van der Waals surface area contributed by atoms with Crippen molar-refractivity contribution in [2.24, 2.45) is 0 Å². The number of hydrogen-bond donors (Lipinski definition) is 2. The molecule has 0 spiro atoms. The first kappa shape index (κ1) is 14.2. The van der Waals surface area contributed by atoms with Crippen LogP contribution in [0.1, 0.15) is 10.4 Å². The number of rotatable bonds is 4. The Hall–Kier alpha value is -2.80. The van der Waals surface area contributed by atoms with E-state index in [1.165, 1.54) is 12.1 Å². The van der Waals surface area contributed by atoms with E-state index >= 15 is 0 Å². The standard InChI is InChI=1S/C16H13N3O3/c20-11-13-10-18(14-4-2-1-3-5-14)17-16(13)12-6-8-15(9-7-12)19(21)22/h1-11,19,21H. The van der Waals surface area contributed by atoms with Gasteiger partial charge < -0.3 is 5.21 Å². The van der Waals surface area contributed by atoms with Crippen LogP contribution in [0.4, 0.5) is 5.69 Å². The summed E-state index contributed by atoms with van der Waals surface area (Å²) in [5.41, 5.74) is 2.71. The van der Waals surface area contributed by atoms with Crippen LogP contribution in [-0.4, -0.2) is 21.3 Å². The van der Waals surface area contributed by atoms with Crippen LogP contribution in [0.2, 0.25) is 0 Å². The first-order valence-corrected chi connectivity index (χ1v) is 6.63. The van der Waals surface area contributed by atoms with Crippen molar-refractivity contribution in [3.8, 4) is 16.9 Å². The third kappa shape index (κ3) is 2.66. The van der Waals surface area contributed by atoms with Crippen LogP contribution in [0.5, 0.6) is 0 Å². The zero-order valence-corrected chi connectivity index (χ0v) is 11.5. The number of carbonyl (C=O) groups excluding carboxylic acids is 1. The van der Waals surface area contributed by atoms with Gasteiger partial charge in [-0.25, -0.2) is 9.89 Å². The lowest BCUT2D eigenvalue weighted by Crippen LogP contribution is -2.99. The van der Waals surface area contributed by atoms with Gasteiger partial charge in [-0.1, -0.05) is 18.2 Å². The van der Waals surface area contributed by atoms with E-state index in [0.717, 1.165) is 12.0 Å². The van der Waals surface area contributed by atoms with E-state index < -0.39 is 5.23 Å². The minimum absolute atomic E-state index is 0.193. The van der Waals surface area contributed by atoms with Crippen LogP contribution in [0.25, 0.3) is 16.9 Å². The second-order valence-corrected chi connectivity index (χ2v) is 4.71. The fourth-order valence-corrected chi connectivity index (χ4v) is 2.18. The van der Waals surface area contributed by atoms with Crippen LogP contribution in [0.3, 0.4) is 0 Å². The number of quaternary nitrogens is 1. The first-order valence-electron chi connectivity index (χ1n) is 6.63. The number of aldehydes is 1. The number of hydrogen-bond acceptors (Lipinski definition) is 4. The number of para-hydroxylation sites is 1. The van der Waals surface area contributed by atoms with E-state index in [4.69, 9.17) is 5.21 Å². The highest BCUT2D eigenvalue weighted by Gasteiger charge is 2.12. The maximum absolute atomic E-state index is 11.3. The van der Waals surface area contributed by atoms with E-state index in [2.05, 4.69) is 5.10 Å². The molecule has 0 bridgehead atoms. The van der Waals surface area contributed by atoms with Crippen LogP contribution in [0.15, 0.2) is 60.8 Å². The molecule has 1 atom stereocenters. The Morgan fingerprint density at radius 2 is 1.77 bits per heavy atom. The monoisotopic (exact) mass is 295 g/mol. The van der Waals surface area contributed by atoms with Crippen molar-refractivity contribution in [3.63, 3.8) is 0 Å². The van der Waals surface area contributed by atoms with Crippen molar-refractivity contribution in [3.05, 3.63) is 71.6 Å². The van der Waals surface area contributed by atoms with E-state index in [1.54, 1.807) is 23.0 Å². The molecule has 6 nitrogen and oxygen atoms in total. The van der Waals surface area contributed by atoms with Gasteiger partial charge in [0.1, 0.15) is 5.69 Å². The quantitative estimate of drug-likeness (QED) is 0.567. The fourth-order valence-electron chi connectivity index (χ4n) is 2.18. The summed E-state index contributed by atoms with van der Waals surface area (Å²) in [6, 6.07) is 15.7. The Labute approximate surface area is 126 Å². The third-order valence-electron chi connectivity index (χ3n) is 3.30. The predicted molar refractivity (Wildman–Crippen MR) is 80.2 cm³/mol. The summed E-state index contributed by atoms with van der Waals surface area (Å²) in [5.74, 6) is 0. The van der Waals surface area contributed by atoms with Crippen molar-refractivity contribution in [1.82, 2.24) is 9.78 Å². The first-order chi connectivity index (χ1) is 10.7. The molecule has 1 heterocycles. The predicted octanol–water partition coefficient (Wildman–Crippen LogP) is 1.76. The summed E-state index contributed by atoms with van der Waals surface area (Å²) in [6.45, 7) is 0. The van der Waals surface area contributed by atoms with Crippen LogP contribution >= 0.6 is 0 Å². The van der Waals surface area contributed by atoms with Gasteiger partial charge in [0.05, 0.1) is 11.3 Å². The average molecular weight is 295 g/mol. The summed E-state index contributed by atoms with van der Waals surface area (Å²) in [4.78, 5) is 11.3. The van der Waals surface area contributed by atoms with E-state index in [9.17, 15) is 10.0 Å². The average Bonchev–Trinajstić information content (AvgIpc) is 3.00. The van der Waals surface area contributed by atoms with Gasteiger partial charge in [0.15, 0.2) is 12.0 Å². The van der Waals surface area contributed by atoms with Gasteiger partial charge in [0, 0.05) is 23.9 Å². The third-order valence-corrected chi connectivity index (χ3v) is 3.30. The van der Waals surface area contributed by atoms with Gasteiger partial charge in [0.2, 0.25) is 0 Å². The lowest BCUT2D eigenvalue weighted by atomic mass is 10.1.